The summed E-state index contributed by atoms with van der Waals surface area (Å²) in [6, 6.07) is 3.41. The lowest BCUT2D eigenvalue weighted by molar-refractivity contribution is -0.143. The molecule has 2 amide bonds. The predicted octanol–water partition coefficient (Wildman–Crippen LogP) is 1.41. The Morgan fingerprint density at radius 3 is 2.00 bits per heavy atom. The van der Waals surface area contributed by atoms with E-state index in [9.17, 15) is 24.6 Å². The van der Waals surface area contributed by atoms with Crippen LogP contribution in [-0.4, -0.2) is 46.1 Å². The van der Waals surface area contributed by atoms with Crippen LogP contribution in [0, 0.1) is 11.8 Å². The van der Waals surface area contributed by atoms with Gasteiger partial charge in [0.25, 0.3) is 0 Å². The van der Waals surface area contributed by atoms with E-state index in [0.29, 0.717) is 18.4 Å². The molecule has 5 atom stereocenters. The van der Waals surface area contributed by atoms with Gasteiger partial charge in [0.2, 0.25) is 11.8 Å². The molecule has 1 aromatic rings. The molecule has 0 saturated carbocycles. The van der Waals surface area contributed by atoms with E-state index in [4.69, 9.17) is 5.73 Å². The smallest absolute Gasteiger partial charge is 0.326 e. The number of rotatable bonds is 11. The number of phenols is 1. The Bertz CT molecular complexity index is 692. The quantitative estimate of drug-likeness (QED) is 0.375. The molecule has 1 rings (SSSR count). The number of aliphatic carboxylic acids is 1. The van der Waals surface area contributed by atoms with Gasteiger partial charge < -0.3 is 26.6 Å². The van der Waals surface area contributed by atoms with Crippen LogP contribution in [0.1, 0.15) is 46.1 Å². The van der Waals surface area contributed by atoms with Crippen molar-refractivity contribution in [2.24, 2.45) is 17.6 Å². The largest absolute Gasteiger partial charge is 0.508 e. The molecule has 0 saturated heterocycles. The van der Waals surface area contributed by atoms with Crippen LogP contribution in [0.5, 0.6) is 5.75 Å². The highest BCUT2D eigenvalue weighted by molar-refractivity contribution is 5.92. The highest BCUT2D eigenvalue weighted by Gasteiger charge is 2.31. The number of hydrogen-bond donors (Lipinski definition) is 5. The van der Waals surface area contributed by atoms with Gasteiger partial charge in [0.15, 0.2) is 0 Å². The van der Waals surface area contributed by atoms with Crippen molar-refractivity contribution in [3.05, 3.63) is 29.8 Å². The molecule has 6 N–H and O–H groups in total. The van der Waals surface area contributed by atoms with Gasteiger partial charge in [-0.3, -0.25) is 9.59 Å². The first-order valence-corrected chi connectivity index (χ1v) is 9.97. The van der Waals surface area contributed by atoms with Gasteiger partial charge in [0.05, 0.1) is 6.04 Å². The lowest BCUT2D eigenvalue weighted by atomic mass is 9.97. The Morgan fingerprint density at radius 2 is 1.52 bits per heavy atom. The van der Waals surface area contributed by atoms with Crippen LogP contribution in [0.25, 0.3) is 0 Å². The molecule has 0 unspecified atom stereocenters. The number of carboxylic acids is 1. The van der Waals surface area contributed by atoms with E-state index in [1.807, 2.05) is 20.8 Å². The molecule has 0 radical (unpaired) electrons. The van der Waals surface area contributed by atoms with Crippen molar-refractivity contribution in [2.45, 2.75) is 65.1 Å². The van der Waals surface area contributed by atoms with Crippen molar-refractivity contribution < 1.29 is 24.6 Å². The molecule has 0 aliphatic rings. The molecule has 162 valence electrons. The van der Waals surface area contributed by atoms with E-state index in [2.05, 4.69) is 10.6 Å². The van der Waals surface area contributed by atoms with Crippen LogP contribution in [-0.2, 0) is 20.8 Å². The summed E-state index contributed by atoms with van der Waals surface area (Å²) in [6.07, 6.45) is 1.42. The lowest BCUT2D eigenvalue weighted by Gasteiger charge is -2.26. The molecular formula is C21H33N3O5. The average Bonchev–Trinajstić information content (AvgIpc) is 2.70. The second kappa shape index (κ2) is 11.4. The Hall–Kier alpha value is -2.61. The Labute approximate surface area is 171 Å². The van der Waals surface area contributed by atoms with Gasteiger partial charge in [-0.2, -0.15) is 0 Å². The van der Waals surface area contributed by atoms with Crippen molar-refractivity contribution >= 4 is 17.8 Å². The number of carboxylic acid groups (broad SMARTS) is 1. The van der Waals surface area contributed by atoms with E-state index in [1.165, 1.54) is 12.1 Å². The summed E-state index contributed by atoms with van der Waals surface area (Å²) in [4.78, 5) is 37.0. The fraction of sp³-hybridized carbons (Fsp3) is 0.571. The second-order valence-corrected chi connectivity index (χ2v) is 7.55. The molecule has 0 aromatic heterocycles. The summed E-state index contributed by atoms with van der Waals surface area (Å²) in [5.41, 5.74) is 6.69. The maximum atomic E-state index is 12.9. The monoisotopic (exact) mass is 407 g/mol. The first kappa shape index (κ1) is 24.4. The van der Waals surface area contributed by atoms with Gasteiger partial charge in [0.1, 0.15) is 17.8 Å². The van der Waals surface area contributed by atoms with Crippen LogP contribution >= 0.6 is 0 Å². The standard InChI is InChI=1S/C21H33N3O5/c1-5-12(3)17(22)20(27)23-16(11-14-7-9-15(25)10-8-14)19(26)24-18(21(28)29)13(4)6-2/h7-10,12-13,16-18,25H,5-6,11,22H2,1-4H3,(H,23,27)(H,24,26)(H,28,29)/t12-,13-,16-,17-,18-/m0/s1. The topological polar surface area (TPSA) is 142 Å². The van der Waals surface area contributed by atoms with Gasteiger partial charge >= 0.3 is 5.97 Å². The van der Waals surface area contributed by atoms with Crippen molar-refractivity contribution in [2.75, 3.05) is 0 Å². The summed E-state index contributed by atoms with van der Waals surface area (Å²) in [6.45, 7) is 7.35. The Kier molecular flexibility index (Phi) is 9.61. The van der Waals surface area contributed by atoms with Gasteiger partial charge in [-0.05, 0) is 29.5 Å². The molecule has 8 heteroatoms. The zero-order valence-electron chi connectivity index (χ0n) is 17.5. The van der Waals surface area contributed by atoms with Crippen molar-refractivity contribution in [3.8, 4) is 5.75 Å². The van der Waals surface area contributed by atoms with Crippen LogP contribution < -0.4 is 16.4 Å². The second-order valence-electron chi connectivity index (χ2n) is 7.55. The number of carbonyl (C=O) groups is 3. The summed E-state index contributed by atoms with van der Waals surface area (Å²) >= 11 is 0. The van der Waals surface area contributed by atoms with E-state index in [0.717, 1.165) is 0 Å². The number of nitrogens with one attached hydrogen (secondary N) is 2. The predicted molar refractivity (Wildman–Crippen MR) is 110 cm³/mol. The summed E-state index contributed by atoms with van der Waals surface area (Å²) in [5.74, 6) is -2.44. The van der Waals surface area contributed by atoms with Gasteiger partial charge in [-0.25, -0.2) is 4.79 Å². The van der Waals surface area contributed by atoms with Crippen LogP contribution in [0.15, 0.2) is 24.3 Å². The van der Waals surface area contributed by atoms with Crippen LogP contribution in [0.2, 0.25) is 0 Å². The van der Waals surface area contributed by atoms with Crippen LogP contribution in [0.4, 0.5) is 0 Å². The lowest BCUT2D eigenvalue weighted by Crippen LogP contribution is -2.57. The maximum absolute atomic E-state index is 12.9. The van der Waals surface area contributed by atoms with E-state index in [1.54, 1.807) is 19.1 Å². The third kappa shape index (κ3) is 7.38. The van der Waals surface area contributed by atoms with E-state index < -0.39 is 35.9 Å². The third-order valence-corrected chi connectivity index (χ3v) is 5.35. The van der Waals surface area contributed by atoms with Gasteiger partial charge in [-0.1, -0.05) is 52.7 Å². The van der Waals surface area contributed by atoms with Gasteiger partial charge in [-0.15, -0.1) is 0 Å². The molecule has 1 aromatic carbocycles. The minimum absolute atomic E-state index is 0.0701. The number of carbonyl (C=O) groups excluding carboxylic acids is 2. The van der Waals surface area contributed by atoms with Crippen LogP contribution in [0.3, 0.4) is 0 Å². The Morgan fingerprint density at radius 1 is 0.966 bits per heavy atom. The minimum atomic E-state index is -1.13. The van der Waals surface area contributed by atoms with E-state index >= 15 is 0 Å². The zero-order chi connectivity index (χ0) is 22.1. The number of benzene rings is 1. The molecule has 0 heterocycles. The normalized spacial score (nSPS) is 16.2. The molecule has 29 heavy (non-hydrogen) atoms. The average molecular weight is 408 g/mol. The van der Waals surface area contributed by atoms with Crippen molar-refractivity contribution in [1.29, 1.82) is 0 Å². The molecule has 0 aliphatic heterocycles. The highest BCUT2D eigenvalue weighted by atomic mass is 16.4. The Balaban J connectivity index is 3.04. The maximum Gasteiger partial charge on any atom is 0.326 e. The molecular weight excluding hydrogens is 374 g/mol. The fourth-order valence-corrected chi connectivity index (χ4v) is 2.79. The van der Waals surface area contributed by atoms with Gasteiger partial charge in [0, 0.05) is 6.42 Å². The first-order chi connectivity index (χ1) is 13.6. The van der Waals surface area contributed by atoms with E-state index in [-0.39, 0.29) is 24.0 Å². The molecule has 0 fully saturated rings. The number of aromatic hydroxyl groups is 1. The fourth-order valence-electron chi connectivity index (χ4n) is 2.79. The molecule has 0 spiro atoms. The first-order valence-electron chi connectivity index (χ1n) is 9.97. The summed E-state index contributed by atoms with van der Waals surface area (Å²) < 4.78 is 0. The van der Waals surface area contributed by atoms with Crippen molar-refractivity contribution in [3.63, 3.8) is 0 Å². The summed E-state index contributed by atoms with van der Waals surface area (Å²) in [7, 11) is 0. The highest BCUT2D eigenvalue weighted by Crippen LogP contribution is 2.13. The zero-order valence-corrected chi connectivity index (χ0v) is 17.5. The summed E-state index contributed by atoms with van der Waals surface area (Å²) in [5, 5.41) is 24.1. The SMILES string of the molecule is CC[C@H](C)[C@H](N)C(=O)N[C@@H](Cc1ccc(O)cc1)C(=O)N[C@H](C(=O)O)[C@@H](C)CC. The molecule has 0 bridgehead atoms. The minimum Gasteiger partial charge on any atom is -0.508 e. The molecule has 0 aliphatic carbocycles. The van der Waals surface area contributed by atoms with Crippen molar-refractivity contribution in [1.82, 2.24) is 10.6 Å². The number of amides is 2. The number of nitrogens with two attached hydrogens (primary N) is 1. The molecule has 8 nitrogen and oxygen atoms in total. The number of phenolic OH excluding ortho intramolecular Hbond substituents is 1. The number of hydrogen-bond acceptors (Lipinski definition) is 5. The third-order valence-electron chi connectivity index (χ3n) is 5.35.